The van der Waals surface area contributed by atoms with Crippen LogP contribution in [0.3, 0.4) is 0 Å². The van der Waals surface area contributed by atoms with Crippen LogP contribution in [0.5, 0.6) is 0 Å². The third-order valence-corrected chi connectivity index (χ3v) is 5.10. The summed E-state index contributed by atoms with van der Waals surface area (Å²) in [6.45, 7) is 8.52. The molecule has 0 amide bonds. The van der Waals surface area contributed by atoms with Gasteiger partial charge in [0.2, 0.25) is 0 Å². The van der Waals surface area contributed by atoms with Gasteiger partial charge in [0.15, 0.2) is 5.96 Å². The topological polar surface area (TPSA) is 58.1 Å². The number of ether oxygens (including phenoxy) is 2. The van der Waals surface area contributed by atoms with Gasteiger partial charge in [0.05, 0.1) is 6.61 Å². The molecule has 148 valence electrons. The smallest absolute Gasteiger partial charge is 0.191 e. The molecule has 1 aliphatic rings. The van der Waals surface area contributed by atoms with Gasteiger partial charge < -0.3 is 25.0 Å². The normalized spacial score (nSPS) is 17.2. The summed E-state index contributed by atoms with van der Waals surface area (Å²) in [4.78, 5) is 7.19. The summed E-state index contributed by atoms with van der Waals surface area (Å²) >= 11 is 0. The Morgan fingerprint density at radius 3 is 2.44 bits per heavy atom. The molecule has 0 unspecified atom stereocenters. The van der Waals surface area contributed by atoms with Crippen molar-refractivity contribution in [1.29, 1.82) is 0 Å². The van der Waals surface area contributed by atoms with E-state index in [9.17, 15) is 0 Å². The molecule has 1 saturated carbocycles. The summed E-state index contributed by atoms with van der Waals surface area (Å²) < 4.78 is 10.4. The molecule has 0 aromatic rings. The Hall–Kier alpha value is -0.850. The zero-order chi connectivity index (χ0) is 18.4. The average Bonchev–Trinajstić information content (AvgIpc) is 3.08. The Balaban J connectivity index is 2.39. The number of hydrogen-bond donors (Lipinski definition) is 2. The molecule has 6 nitrogen and oxygen atoms in total. The lowest BCUT2D eigenvalue weighted by Gasteiger charge is -2.27. The van der Waals surface area contributed by atoms with Crippen LogP contribution in [0.2, 0.25) is 0 Å². The van der Waals surface area contributed by atoms with Gasteiger partial charge >= 0.3 is 0 Å². The second kappa shape index (κ2) is 13.4. The standard InChI is InChI=1S/C19H40N4O2/c1-5-20-18(21-12-8-13-23(2)14-16-25-4)22-17-19(11-15-24-3)9-6-7-10-19/h5-17H2,1-4H3,(H2,20,21,22). The first-order chi connectivity index (χ1) is 12.2. The Bertz CT molecular complexity index is 357. The first kappa shape index (κ1) is 22.2. The second-order valence-electron chi connectivity index (χ2n) is 7.22. The van der Waals surface area contributed by atoms with Crippen LogP contribution in [0.1, 0.15) is 45.4 Å². The van der Waals surface area contributed by atoms with Gasteiger partial charge in [-0.25, -0.2) is 0 Å². The van der Waals surface area contributed by atoms with Crippen molar-refractivity contribution in [1.82, 2.24) is 15.5 Å². The monoisotopic (exact) mass is 356 g/mol. The van der Waals surface area contributed by atoms with Crippen LogP contribution in [0, 0.1) is 5.41 Å². The number of nitrogens with one attached hydrogen (secondary N) is 2. The molecule has 0 aliphatic heterocycles. The van der Waals surface area contributed by atoms with Gasteiger partial charge in [-0.3, -0.25) is 4.99 Å². The second-order valence-corrected chi connectivity index (χ2v) is 7.22. The van der Waals surface area contributed by atoms with Crippen molar-refractivity contribution in [3.63, 3.8) is 0 Å². The Labute approximate surface area is 154 Å². The number of methoxy groups -OCH3 is 2. The van der Waals surface area contributed by atoms with E-state index in [-0.39, 0.29) is 0 Å². The molecule has 1 rings (SSSR count). The zero-order valence-electron chi connectivity index (χ0n) is 16.9. The molecule has 0 saturated heterocycles. The van der Waals surface area contributed by atoms with E-state index in [0.717, 1.165) is 64.7 Å². The molecule has 0 radical (unpaired) electrons. The van der Waals surface area contributed by atoms with Crippen molar-refractivity contribution in [3.05, 3.63) is 0 Å². The molecule has 0 bridgehead atoms. The van der Waals surface area contributed by atoms with Crippen LogP contribution in [-0.2, 0) is 9.47 Å². The fraction of sp³-hybridized carbons (Fsp3) is 0.947. The number of guanidine groups is 1. The number of aliphatic imine (C=N–C) groups is 1. The molecule has 25 heavy (non-hydrogen) atoms. The minimum atomic E-state index is 0.346. The predicted molar refractivity (Wildman–Crippen MR) is 105 cm³/mol. The molecule has 0 heterocycles. The van der Waals surface area contributed by atoms with Crippen LogP contribution < -0.4 is 10.6 Å². The fourth-order valence-electron chi connectivity index (χ4n) is 3.43. The van der Waals surface area contributed by atoms with Gasteiger partial charge in [0, 0.05) is 47.0 Å². The average molecular weight is 357 g/mol. The van der Waals surface area contributed by atoms with Crippen molar-refractivity contribution >= 4 is 5.96 Å². The number of hydrogen-bond acceptors (Lipinski definition) is 4. The SMILES string of the molecule is CCNC(=NCC1(CCOC)CCCC1)NCCCN(C)CCOC. The van der Waals surface area contributed by atoms with E-state index in [1.54, 1.807) is 14.2 Å². The maximum Gasteiger partial charge on any atom is 0.191 e. The molecular weight excluding hydrogens is 316 g/mol. The van der Waals surface area contributed by atoms with Crippen molar-refractivity contribution < 1.29 is 9.47 Å². The quantitative estimate of drug-likeness (QED) is 0.301. The highest BCUT2D eigenvalue weighted by atomic mass is 16.5. The van der Waals surface area contributed by atoms with Gasteiger partial charge in [0.1, 0.15) is 0 Å². The summed E-state index contributed by atoms with van der Waals surface area (Å²) in [7, 11) is 5.68. The predicted octanol–water partition coefficient (Wildman–Crippen LogP) is 2.11. The Morgan fingerprint density at radius 1 is 1.08 bits per heavy atom. The minimum Gasteiger partial charge on any atom is -0.385 e. The van der Waals surface area contributed by atoms with Crippen LogP contribution in [0.25, 0.3) is 0 Å². The Morgan fingerprint density at radius 2 is 1.80 bits per heavy atom. The maximum absolute atomic E-state index is 5.32. The lowest BCUT2D eigenvalue weighted by molar-refractivity contribution is 0.141. The van der Waals surface area contributed by atoms with Gasteiger partial charge in [-0.2, -0.15) is 0 Å². The number of likely N-dealkylation sites (N-methyl/N-ethyl adjacent to an activating group) is 1. The van der Waals surface area contributed by atoms with E-state index < -0.39 is 0 Å². The van der Waals surface area contributed by atoms with E-state index in [2.05, 4.69) is 29.5 Å². The molecule has 0 atom stereocenters. The van der Waals surface area contributed by atoms with Crippen LogP contribution in [0.15, 0.2) is 4.99 Å². The van der Waals surface area contributed by atoms with Gasteiger partial charge in [-0.1, -0.05) is 12.8 Å². The van der Waals surface area contributed by atoms with Gasteiger partial charge in [0.25, 0.3) is 0 Å². The summed E-state index contributed by atoms with van der Waals surface area (Å²) in [5.74, 6) is 0.950. The van der Waals surface area contributed by atoms with Crippen LogP contribution in [0.4, 0.5) is 0 Å². The summed E-state index contributed by atoms with van der Waals surface area (Å²) in [5.41, 5.74) is 0.346. The zero-order valence-corrected chi connectivity index (χ0v) is 16.9. The molecule has 0 spiro atoms. The molecule has 0 aromatic heterocycles. The molecular formula is C19H40N4O2. The maximum atomic E-state index is 5.32. The van der Waals surface area contributed by atoms with Crippen LogP contribution in [-0.4, -0.2) is 78.1 Å². The van der Waals surface area contributed by atoms with Gasteiger partial charge in [-0.05, 0) is 51.6 Å². The van der Waals surface area contributed by atoms with Crippen molar-refractivity contribution in [2.45, 2.75) is 45.4 Å². The lowest BCUT2D eigenvalue weighted by Crippen LogP contribution is -2.39. The fourth-order valence-corrected chi connectivity index (χ4v) is 3.43. The highest BCUT2D eigenvalue weighted by Crippen LogP contribution is 2.41. The minimum absolute atomic E-state index is 0.346. The third-order valence-electron chi connectivity index (χ3n) is 5.10. The van der Waals surface area contributed by atoms with E-state index in [1.807, 2.05) is 0 Å². The molecule has 6 heteroatoms. The molecule has 0 aromatic carbocycles. The van der Waals surface area contributed by atoms with E-state index in [4.69, 9.17) is 14.5 Å². The first-order valence-electron chi connectivity index (χ1n) is 9.84. The number of rotatable bonds is 13. The Kier molecular flexibility index (Phi) is 11.9. The summed E-state index contributed by atoms with van der Waals surface area (Å²) in [5, 5.41) is 6.86. The van der Waals surface area contributed by atoms with Crippen molar-refractivity contribution in [3.8, 4) is 0 Å². The van der Waals surface area contributed by atoms with Crippen molar-refractivity contribution in [2.75, 3.05) is 67.2 Å². The largest absolute Gasteiger partial charge is 0.385 e. The van der Waals surface area contributed by atoms with Crippen molar-refractivity contribution in [2.24, 2.45) is 10.4 Å². The highest BCUT2D eigenvalue weighted by molar-refractivity contribution is 5.79. The van der Waals surface area contributed by atoms with E-state index >= 15 is 0 Å². The molecule has 2 N–H and O–H groups in total. The van der Waals surface area contributed by atoms with E-state index in [0.29, 0.717) is 5.41 Å². The summed E-state index contributed by atoms with van der Waals surface area (Å²) in [6.07, 6.45) is 7.44. The van der Waals surface area contributed by atoms with Gasteiger partial charge in [-0.15, -0.1) is 0 Å². The first-order valence-corrected chi connectivity index (χ1v) is 9.84. The summed E-state index contributed by atoms with van der Waals surface area (Å²) in [6, 6.07) is 0. The van der Waals surface area contributed by atoms with Crippen LogP contribution >= 0.6 is 0 Å². The lowest BCUT2D eigenvalue weighted by atomic mass is 9.83. The molecule has 1 aliphatic carbocycles. The number of nitrogens with zero attached hydrogens (tertiary/aromatic N) is 2. The molecule has 1 fully saturated rings. The third kappa shape index (κ3) is 9.42. The highest BCUT2D eigenvalue weighted by Gasteiger charge is 2.33. The van der Waals surface area contributed by atoms with E-state index in [1.165, 1.54) is 25.7 Å².